The van der Waals surface area contributed by atoms with E-state index < -0.39 is 0 Å². The van der Waals surface area contributed by atoms with Gasteiger partial charge in [0.2, 0.25) is 0 Å². The predicted octanol–water partition coefficient (Wildman–Crippen LogP) is 3.96. The van der Waals surface area contributed by atoms with Gasteiger partial charge in [0.25, 0.3) is 0 Å². The molecule has 0 amide bonds. The van der Waals surface area contributed by atoms with Gasteiger partial charge in [-0.2, -0.15) is 0 Å². The maximum atomic E-state index is 6.56. The van der Waals surface area contributed by atoms with E-state index in [1.54, 1.807) is 0 Å². The average molecular weight is 307 g/mol. The van der Waals surface area contributed by atoms with Crippen LogP contribution >= 0.6 is 0 Å². The molecule has 2 aliphatic heterocycles. The summed E-state index contributed by atoms with van der Waals surface area (Å²) in [6.45, 7) is 4.44. The quantitative estimate of drug-likeness (QED) is 0.770. The molecule has 1 spiro atoms. The largest absolute Gasteiger partial charge is 0.347 e. The molecule has 0 bridgehead atoms. The van der Waals surface area contributed by atoms with Crippen LogP contribution in [0.5, 0.6) is 0 Å². The Morgan fingerprint density at radius 1 is 0.864 bits per heavy atom. The summed E-state index contributed by atoms with van der Waals surface area (Å²) in [6, 6.07) is 0. The Hall–Kier alpha value is -0.120. The Labute approximate surface area is 135 Å². The molecule has 2 saturated heterocycles. The Bertz CT molecular complexity index is 368. The van der Waals surface area contributed by atoms with E-state index in [9.17, 15) is 0 Å². The fourth-order valence-electron chi connectivity index (χ4n) is 5.44. The molecule has 4 fully saturated rings. The average Bonchev–Trinajstić information content (AvgIpc) is 2.83. The Balaban J connectivity index is 1.35. The molecule has 0 N–H and O–H groups in total. The lowest BCUT2D eigenvalue weighted by Gasteiger charge is -2.35. The highest BCUT2D eigenvalue weighted by atomic mass is 16.7. The van der Waals surface area contributed by atoms with Gasteiger partial charge in [-0.1, -0.05) is 25.7 Å². The third kappa shape index (κ3) is 3.37. The summed E-state index contributed by atoms with van der Waals surface area (Å²) in [5.41, 5.74) is 0. The predicted molar refractivity (Wildman–Crippen MR) is 87.8 cm³/mol. The maximum Gasteiger partial charge on any atom is 0.169 e. The first-order chi connectivity index (χ1) is 10.8. The number of likely N-dealkylation sites (tertiary alicyclic amines) is 1. The number of hydrogen-bond acceptors (Lipinski definition) is 3. The molecule has 22 heavy (non-hydrogen) atoms. The van der Waals surface area contributed by atoms with Crippen molar-refractivity contribution in [2.75, 3.05) is 26.2 Å². The van der Waals surface area contributed by atoms with Crippen molar-refractivity contribution < 1.29 is 9.47 Å². The molecule has 0 aromatic rings. The van der Waals surface area contributed by atoms with Crippen LogP contribution in [0.3, 0.4) is 0 Å². The van der Waals surface area contributed by atoms with Gasteiger partial charge in [0.15, 0.2) is 5.79 Å². The smallest absolute Gasteiger partial charge is 0.169 e. The molecule has 2 saturated carbocycles. The van der Waals surface area contributed by atoms with Crippen molar-refractivity contribution in [3.05, 3.63) is 0 Å². The fourth-order valence-corrected chi connectivity index (χ4v) is 5.44. The molecule has 126 valence electrons. The Morgan fingerprint density at radius 2 is 1.64 bits per heavy atom. The Kier molecular flexibility index (Phi) is 4.75. The van der Waals surface area contributed by atoms with Crippen LogP contribution in [0.4, 0.5) is 0 Å². The van der Waals surface area contributed by atoms with Crippen LogP contribution in [0, 0.1) is 11.8 Å². The third-order valence-corrected chi connectivity index (χ3v) is 6.60. The highest BCUT2D eigenvalue weighted by Crippen LogP contribution is 2.46. The number of fused-ring (bicyclic) bond motifs is 1. The van der Waals surface area contributed by atoms with Crippen molar-refractivity contribution >= 4 is 0 Å². The van der Waals surface area contributed by atoms with E-state index in [-0.39, 0.29) is 5.79 Å². The van der Waals surface area contributed by atoms with Crippen LogP contribution in [0.1, 0.15) is 70.6 Å². The second-order valence-electron chi connectivity index (χ2n) is 8.22. The Morgan fingerprint density at radius 3 is 2.50 bits per heavy atom. The van der Waals surface area contributed by atoms with Crippen LogP contribution in [0.15, 0.2) is 0 Å². The minimum Gasteiger partial charge on any atom is -0.347 e. The second kappa shape index (κ2) is 6.78. The normalized spacial score (nSPS) is 43.9. The number of nitrogens with zero attached hydrogens (tertiary/aromatic N) is 1. The summed E-state index contributed by atoms with van der Waals surface area (Å²) in [5, 5.41) is 0. The van der Waals surface area contributed by atoms with Crippen LogP contribution in [-0.2, 0) is 9.47 Å². The van der Waals surface area contributed by atoms with Crippen molar-refractivity contribution in [3.8, 4) is 0 Å². The lowest BCUT2D eigenvalue weighted by molar-refractivity contribution is -0.185. The van der Waals surface area contributed by atoms with Crippen molar-refractivity contribution in [2.24, 2.45) is 11.8 Å². The van der Waals surface area contributed by atoms with Gasteiger partial charge in [-0.05, 0) is 57.0 Å². The number of piperidine rings is 1. The van der Waals surface area contributed by atoms with Gasteiger partial charge < -0.3 is 14.4 Å². The van der Waals surface area contributed by atoms with Gasteiger partial charge in [-0.3, -0.25) is 0 Å². The summed E-state index contributed by atoms with van der Waals surface area (Å²) >= 11 is 0. The monoisotopic (exact) mass is 307 g/mol. The molecule has 4 rings (SSSR count). The molecule has 0 aromatic heterocycles. The van der Waals surface area contributed by atoms with Crippen LogP contribution in [0.25, 0.3) is 0 Å². The minimum absolute atomic E-state index is 0.211. The number of rotatable bonds is 2. The first kappa shape index (κ1) is 15.4. The lowest BCUT2D eigenvalue weighted by Crippen LogP contribution is -2.39. The van der Waals surface area contributed by atoms with E-state index in [0.29, 0.717) is 6.10 Å². The third-order valence-electron chi connectivity index (χ3n) is 6.60. The van der Waals surface area contributed by atoms with Gasteiger partial charge in [-0.25, -0.2) is 0 Å². The highest BCUT2D eigenvalue weighted by Gasteiger charge is 2.46. The minimum atomic E-state index is -0.211. The zero-order chi connectivity index (χ0) is 14.8. The maximum absolute atomic E-state index is 6.56. The molecule has 4 unspecified atom stereocenters. The molecular formula is C19H33NO2. The van der Waals surface area contributed by atoms with Crippen molar-refractivity contribution in [1.29, 1.82) is 0 Å². The van der Waals surface area contributed by atoms with Gasteiger partial charge >= 0.3 is 0 Å². The van der Waals surface area contributed by atoms with Crippen LogP contribution in [0.2, 0.25) is 0 Å². The van der Waals surface area contributed by atoms with Crippen LogP contribution < -0.4 is 0 Å². The molecule has 3 heteroatoms. The molecule has 0 aromatic carbocycles. The van der Waals surface area contributed by atoms with E-state index in [0.717, 1.165) is 31.4 Å². The second-order valence-corrected chi connectivity index (χ2v) is 8.22. The molecule has 3 nitrogen and oxygen atoms in total. The molecule has 0 radical (unpaired) electrons. The van der Waals surface area contributed by atoms with Gasteiger partial charge in [0, 0.05) is 19.4 Å². The molecular weight excluding hydrogens is 274 g/mol. The van der Waals surface area contributed by atoms with E-state index >= 15 is 0 Å². The summed E-state index contributed by atoms with van der Waals surface area (Å²) in [7, 11) is 0. The summed E-state index contributed by atoms with van der Waals surface area (Å²) in [6.07, 6.45) is 15.2. The van der Waals surface area contributed by atoms with Gasteiger partial charge in [0.05, 0.1) is 12.7 Å². The highest BCUT2D eigenvalue weighted by molar-refractivity contribution is 4.90. The van der Waals surface area contributed by atoms with E-state index in [2.05, 4.69) is 4.90 Å². The zero-order valence-corrected chi connectivity index (χ0v) is 14.1. The van der Waals surface area contributed by atoms with Crippen molar-refractivity contribution in [1.82, 2.24) is 4.90 Å². The van der Waals surface area contributed by atoms with Crippen molar-refractivity contribution in [2.45, 2.75) is 82.5 Å². The van der Waals surface area contributed by atoms with Crippen LogP contribution in [-0.4, -0.2) is 43.0 Å². The molecule has 2 heterocycles. The first-order valence-electron chi connectivity index (χ1n) is 9.87. The summed E-state index contributed by atoms with van der Waals surface area (Å²) in [5.74, 6) is 1.61. The van der Waals surface area contributed by atoms with Crippen molar-refractivity contribution in [3.63, 3.8) is 0 Å². The summed E-state index contributed by atoms with van der Waals surface area (Å²) in [4.78, 5) is 2.59. The molecule has 2 aliphatic carbocycles. The van der Waals surface area contributed by atoms with E-state index in [1.165, 1.54) is 77.3 Å². The SMILES string of the molecule is C1CCN(CC2COC3(CCCC4CCCCC4C3)O2)CC1. The lowest BCUT2D eigenvalue weighted by atomic mass is 9.76. The van der Waals surface area contributed by atoms with E-state index in [1.807, 2.05) is 0 Å². The van der Waals surface area contributed by atoms with Gasteiger partial charge in [0.1, 0.15) is 0 Å². The van der Waals surface area contributed by atoms with Gasteiger partial charge in [-0.15, -0.1) is 0 Å². The number of ether oxygens (including phenoxy) is 2. The standard InChI is InChI=1S/C19H33NO2/c1-4-11-20(12-5-1)14-18-15-21-19(22-18)10-6-9-16-7-2-3-8-17(16)13-19/h16-18H,1-15H2. The molecule has 4 aliphatic rings. The topological polar surface area (TPSA) is 21.7 Å². The zero-order valence-electron chi connectivity index (χ0n) is 14.1. The first-order valence-corrected chi connectivity index (χ1v) is 9.87. The number of hydrogen-bond donors (Lipinski definition) is 0. The fraction of sp³-hybridized carbons (Fsp3) is 1.00. The molecule has 4 atom stereocenters. The summed E-state index contributed by atoms with van der Waals surface area (Å²) < 4.78 is 12.9. The van der Waals surface area contributed by atoms with E-state index in [4.69, 9.17) is 9.47 Å².